The average molecular weight is 542 g/mol. The summed E-state index contributed by atoms with van der Waals surface area (Å²) in [5, 5.41) is 14.9. The Morgan fingerprint density at radius 2 is 1.92 bits per heavy atom. The normalized spacial score (nSPS) is 14.6. The van der Waals surface area contributed by atoms with Crippen molar-refractivity contribution in [1.82, 2.24) is 5.32 Å². The predicted molar refractivity (Wildman–Crippen MR) is 147 cm³/mol. The fourth-order valence-electron chi connectivity index (χ4n) is 4.55. The van der Waals surface area contributed by atoms with Crippen molar-refractivity contribution in [3.05, 3.63) is 75.6 Å². The van der Waals surface area contributed by atoms with E-state index in [0.717, 1.165) is 34.4 Å². The predicted octanol–water partition coefficient (Wildman–Crippen LogP) is 6.74. The molecule has 0 bridgehead atoms. The number of rotatable bonds is 11. The fourth-order valence-corrected chi connectivity index (χ4v) is 5.59. The molecule has 1 heterocycles. The third-order valence-corrected chi connectivity index (χ3v) is 7.53. The van der Waals surface area contributed by atoms with Gasteiger partial charge in [-0.2, -0.15) is 0 Å². The van der Waals surface area contributed by atoms with Gasteiger partial charge >= 0.3 is 5.97 Å². The van der Waals surface area contributed by atoms with Gasteiger partial charge in [0.1, 0.15) is 5.75 Å². The maximum absolute atomic E-state index is 13.0. The number of carbonyl (C=O) groups excluding carboxylic acids is 1. The molecule has 2 N–H and O–H groups in total. The first kappa shape index (κ1) is 27.2. The highest BCUT2D eigenvalue weighted by atomic mass is 35.5. The lowest BCUT2D eigenvalue weighted by molar-refractivity contribution is -0.153. The quantitative estimate of drug-likeness (QED) is 0.281. The van der Waals surface area contributed by atoms with Gasteiger partial charge in [-0.25, -0.2) is 4.79 Å². The Labute approximate surface area is 226 Å². The van der Waals surface area contributed by atoms with Crippen molar-refractivity contribution in [2.24, 2.45) is 0 Å². The zero-order chi connectivity index (χ0) is 26.4. The molecule has 0 spiro atoms. The fraction of sp³-hybridized carbons (Fsp3) is 0.379. The molecule has 0 aliphatic heterocycles. The van der Waals surface area contributed by atoms with Crippen molar-refractivity contribution >= 4 is 34.8 Å². The maximum atomic E-state index is 13.0. The molecule has 1 atom stereocenters. The van der Waals surface area contributed by atoms with Crippen LogP contribution in [0.3, 0.4) is 0 Å². The molecule has 8 heteroatoms. The molecule has 1 saturated carbocycles. The minimum Gasteiger partial charge on any atom is -0.490 e. The molecule has 1 aliphatic carbocycles. The zero-order valence-corrected chi connectivity index (χ0v) is 22.6. The second kappa shape index (κ2) is 12.6. The first-order valence-corrected chi connectivity index (χ1v) is 13.8. The molecule has 37 heavy (non-hydrogen) atoms. The lowest BCUT2D eigenvalue weighted by Gasteiger charge is -2.18. The van der Waals surface area contributed by atoms with Crippen molar-refractivity contribution in [1.29, 1.82) is 0 Å². The summed E-state index contributed by atoms with van der Waals surface area (Å²) >= 11 is 8.05. The Morgan fingerprint density at radius 1 is 1.14 bits per heavy atom. The van der Waals surface area contributed by atoms with Crippen LogP contribution in [0.2, 0.25) is 5.02 Å². The maximum Gasteiger partial charge on any atom is 0.333 e. The molecule has 3 aromatic rings. The SMILES string of the molecule is CC(C)OC(Cc1ccc(-c2cccs2)c(CNC(=O)c2ccc(OC3CCCC3)cc2Cl)c1)C(=O)O. The smallest absolute Gasteiger partial charge is 0.333 e. The number of aliphatic carboxylic acids is 1. The summed E-state index contributed by atoms with van der Waals surface area (Å²) < 4.78 is 11.6. The Hall–Kier alpha value is -2.87. The summed E-state index contributed by atoms with van der Waals surface area (Å²) in [6, 6.07) is 15.0. The van der Waals surface area contributed by atoms with Crippen molar-refractivity contribution in [3.63, 3.8) is 0 Å². The highest BCUT2D eigenvalue weighted by molar-refractivity contribution is 7.13. The average Bonchev–Trinajstić information content (AvgIpc) is 3.57. The number of hydrogen-bond donors (Lipinski definition) is 2. The van der Waals surface area contributed by atoms with Crippen LogP contribution >= 0.6 is 22.9 Å². The molecule has 0 saturated heterocycles. The lowest BCUT2D eigenvalue weighted by Crippen LogP contribution is -2.29. The number of ether oxygens (including phenoxy) is 2. The first-order chi connectivity index (χ1) is 17.8. The number of carboxylic acid groups (broad SMARTS) is 1. The van der Waals surface area contributed by atoms with E-state index in [1.54, 1.807) is 29.5 Å². The number of thiophene rings is 1. The van der Waals surface area contributed by atoms with E-state index in [0.29, 0.717) is 16.3 Å². The highest BCUT2D eigenvalue weighted by Crippen LogP contribution is 2.31. The molecule has 1 aliphatic rings. The van der Waals surface area contributed by atoms with Gasteiger partial charge in [-0.1, -0.05) is 35.9 Å². The first-order valence-electron chi connectivity index (χ1n) is 12.6. The Balaban J connectivity index is 1.50. The van der Waals surface area contributed by atoms with Crippen LogP contribution in [0, 0.1) is 0 Å². The van der Waals surface area contributed by atoms with E-state index in [2.05, 4.69) is 5.32 Å². The topological polar surface area (TPSA) is 84.9 Å². The third kappa shape index (κ3) is 7.34. The van der Waals surface area contributed by atoms with Gasteiger partial charge in [0.05, 0.1) is 22.8 Å². The number of halogens is 1. The third-order valence-electron chi connectivity index (χ3n) is 6.32. The Bertz CT molecular complexity index is 1220. The number of amides is 1. The summed E-state index contributed by atoms with van der Waals surface area (Å²) in [6.07, 6.45) is 3.73. The second-order valence-corrected chi connectivity index (χ2v) is 10.9. The van der Waals surface area contributed by atoms with Gasteiger partial charge in [-0.3, -0.25) is 4.79 Å². The van der Waals surface area contributed by atoms with Gasteiger partial charge < -0.3 is 19.9 Å². The number of carboxylic acids is 1. The van der Waals surface area contributed by atoms with E-state index >= 15 is 0 Å². The molecule has 196 valence electrons. The lowest BCUT2D eigenvalue weighted by atomic mass is 9.99. The molecule has 0 radical (unpaired) electrons. The number of benzene rings is 2. The van der Waals surface area contributed by atoms with E-state index in [9.17, 15) is 14.7 Å². The van der Waals surface area contributed by atoms with Crippen LogP contribution < -0.4 is 10.1 Å². The van der Waals surface area contributed by atoms with Crippen molar-refractivity contribution in [2.75, 3.05) is 0 Å². The van der Waals surface area contributed by atoms with Crippen molar-refractivity contribution in [2.45, 2.75) is 70.8 Å². The minimum atomic E-state index is -0.999. The van der Waals surface area contributed by atoms with E-state index < -0.39 is 12.1 Å². The molecular weight excluding hydrogens is 510 g/mol. The van der Waals surface area contributed by atoms with Crippen LogP contribution in [0.4, 0.5) is 0 Å². The Morgan fingerprint density at radius 3 is 2.57 bits per heavy atom. The number of nitrogens with one attached hydrogen (secondary N) is 1. The van der Waals surface area contributed by atoms with Gasteiger partial charge in [0.15, 0.2) is 6.10 Å². The number of carbonyl (C=O) groups is 2. The van der Waals surface area contributed by atoms with E-state index in [1.807, 2.05) is 49.6 Å². The Kier molecular flexibility index (Phi) is 9.24. The molecule has 1 unspecified atom stereocenters. The highest BCUT2D eigenvalue weighted by Gasteiger charge is 2.22. The van der Waals surface area contributed by atoms with Crippen LogP contribution in [0.5, 0.6) is 5.75 Å². The zero-order valence-electron chi connectivity index (χ0n) is 21.0. The van der Waals surface area contributed by atoms with Crippen LogP contribution in [-0.4, -0.2) is 35.3 Å². The summed E-state index contributed by atoms with van der Waals surface area (Å²) in [4.78, 5) is 25.8. The van der Waals surface area contributed by atoms with E-state index in [4.69, 9.17) is 21.1 Å². The van der Waals surface area contributed by atoms with Crippen LogP contribution in [0.15, 0.2) is 53.9 Å². The molecule has 4 rings (SSSR count). The minimum absolute atomic E-state index is 0.204. The van der Waals surface area contributed by atoms with E-state index in [1.165, 1.54) is 12.8 Å². The van der Waals surface area contributed by atoms with Crippen LogP contribution in [0.25, 0.3) is 10.4 Å². The molecule has 1 fully saturated rings. The standard InChI is InChI=1S/C29H32ClNO5S/c1-18(2)35-26(29(33)34)15-19-9-11-23(27-8-5-13-37-27)20(14-19)17-31-28(32)24-12-10-22(16-25(24)30)36-21-6-3-4-7-21/h5,8-14,16,18,21,26H,3-4,6-7,15,17H2,1-2H3,(H,31,32)(H,33,34). The summed E-state index contributed by atoms with van der Waals surface area (Å²) in [6.45, 7) is 3.89. The number of hydrogen-bond acceptors (Lipinski definition) is 5. The molecular formula is C29H32ClNO5S. The van der Waals surface area contributed by atoms with Gasteiger partial charge in [0, 0.05) is 17.8 Å². The van der Waals surface area contributed by atoms with Crippen LogP contribution in [0.1, 0.15) is 61.0 Å². The van der Waals surface area contributed by atoms with Crippen molar-refractivity contribution in [3.8, 4) is 16.2 Å². The van der Waals surface area contributed by atoms with Crippen LogP contribution in [-0.2, 0) is 22.5 Å². The molecule has 6 nitrogen and oxygen atoms in total. The summed E-state index contributed by atoms with van der Waals surface area (Å²) in [5.41, 5.74) is 3.08. The van der Waals surface area contributed by atoms with Gasteiger partial charge in [-0.05, 0) is 85.9 Å². The molecule has 2 aromatic carbocycles. The van der Waals surface area contributed by atoms with Crippen molar-refractivity contribution < 1.29 is 24.2 Å². The summed E-state index contributed by atoms with van der Waals surface area (Å²) in [7, 11) is 0. The van der Waals surface area contributed by atoms with Gasteiger partial charge in [0.25, 0.3) is 5.91 Å². The molecule has 1 aromatic heterocycles. The van der Waals surface area contributed by atoms with E-state index in [-0.39, 0.29) is 31.1 Å². The van der Waals surface area contributed by atoms with Gasteiger partial charge in [0.2, 0.25) is 0 Å². The monoisotopic (exact) mass is 541 g/mol. The van der Waals surface area contributed by atoms with Gasteiger partial charge in [-0.15, -0.1) is 11.3 Å². The largest absolute Gasteiger partial charge is 0.490 e. The molecule has 1 amide bonds. The summed E-state index contributed by atoms with van der Waals surface area (Å²) in [5.74, 6) is -0.606. The second-order valence-electron chi connectivity index (χ2n) is 9.53.